The minimum atomic E-state index is -0.807. The van der Waals surface area contributed by atoms with Crippen LogP contribution in [0.25, 0.3) is 0 Å². The van der Waals surface area contributed by atoms with Gasteiger partial charge in [-0.2, -0.15) is 5.26 Å². The van der Waals surface area contributed by atoms with Crippen molar-refractivity contribution < 1.29 is 9.84 Å². The van der Waals surface area contributed by atoms with Crippen molar-refractivity contribution in [3.05, 3.63) is 23.9 Å². The molecule has 0 radical (unpaired) electrons. The first-order valence-electron chi connectivity index (χ1n) is 5.78. The number of nitrogens with two attached hydrogens (primary N) is 1. The number of ether oxygens (including phenoxy) is 1. The molecule has 0 aliphatic rings. The number of aromatic nitrogens is 1. The van der Waals surface area contributed by atoms with Gasteiger partial charge in [-0.3, -0.25) is 0 Å². The Labute approximate surface area is 107 Å². The minimum Gasteiger partial charge on any atom is -0.474 e. The molecular weight excluding hydrogens is 230 g/mol. The van der Waals surface area contributed by atoms with Crippen molar-refractivity contribution in [1.82, 2.24) is 4.98 Å². The Balaban J connectivity index is 2.63. The fourth-order valence-electron chi connectivity index (χ4n) is 1.44. The molecule has 0 aliphatic heterocycles. The number of hydrogen-bond acceptors (Lipinski definition) is 5. The summed E-state index contributed by atoms with van der Waals surface area (Å²) in [5.74, 6) is 0.222. The quantitative estimate of drug-likeness (QED) is 0.832. The molecule has 0 fully saturated rings. The second kappa shape index (κ2) is 5.80. The molecule has 0 aliphatic carbocycles. The molecule has 1 rings (SSSR count). The van der Waals surface area contributed by atoms with Gasteiger partial charge in [0.05, 0.1) is 0 Å². The average molecular weight is 249 g/mol. The molecule has 0 saturated carbocycles. The van der Waals surface area contributed by atoms with Crippen molar-refractivity contribution in [2.24, 2.45) is 11.1 Å². The summed E-state index contributed by atoms with van der Waals surface area (Å²) in [5, 5.41) is 18.8. The first-order chi connectivity index (χ1) is 8.36. The summed E-state index contributed by atoms with van der Waals surface area (Å²) in [6.45, 7) is 5.86. The summed E-state index contributed by atoms with van der Waals surface area (Å²) in [6, 6.07) is 4.83. The van der Waals surface area contributed by atoms with E-state index in [0.29, 0.717) is 5.56 Å². The number of pyridine rings is 1. The number of aliphatic hydroxyl groups is 1. The van der Waals surface area contributed by atoms with Crippen LogP contribution in [0.15, 0.2) is 18.3 Å². The van der Waals surface area contributed by atoms with Crippen LogP contribution < -0.4 is 10.5 Å². The Hall–Kier alpha value is -1.64. The van der Waals surface area contributed by atoms with Crippen LogP contribution in [-0.2, 0) is 0 Å². The molecule has 2 atom stereocenters. The van der Waals surface area contributed by atoms with Gasteiger partial charge in [0.1, 0.15) is 24.3 Å². The largest absolute Gasteiger partial charge is 0.474 e. The fourth-order valence-corrected chi connectivity index (χ4v) is 1.44. The Morgan fingerprint density at radius 2 is 2.22 bits per heavy atom. The lowest BCUT2D eigenvalue weighted by atomic mass is 9.84. The lowest BCUT2D eigenvalue weighted by molar-refractivity contribution is 0.0479. The maximum Gasteiger partial charge on any atom is 0.231 e. The van der Waals surface area contributed by atoms with E-state index in [1.54, 1.807) is 12.1 Å². The molecule has 18 heavy (non-hydrogen) atoms. The zero-order valence-corrected chi connectivity index (χ0v) is 10.9. The van der Waals surface area contributed by atoms with Crippen LogP contribution in [0.2, 0.25) is 0 Å². The molecule has 1 heterocycles. The van der Waals surface area contributed by atoms with Crippen molar-refractivity contribution in [2.45, 2.75) is 32.9 Å². The van der Waals surface area contributed by atoms with Crippen LogP contribution in [-0.4, -0.2) is 28.8 Å². The predicted molar refractivity (Wildman–Crippen MR) is 67.9 cm³/mol. The molecule has 1 aromatic heterocycles. The van der Waals surface area contributed by atoms with Crippen LogP contribution in [0.4, 0.5) is 0 Å². The van der Waals surface area contributed by atoms with E-state index in [2.05, 4.69) is 4.98 Å². The highest BCUT2D eigenvalue weighted by molar-refractivity contribution is 5.36. The normalized spacial score (nSPS) is 14.7. The third-order valence-electron chi connectivity index (χ3n) is 2.70. The molecule has 0 saturated heterocycles. The molecule has 2 unspecified atom stereocenters. The summed E-state index contributed by atoms with van der Waals surface area (Å²) < 4.78 is 5.34. The van der Waals surface area contributed by atoms with E-state index in [0.717, 1.165) is 0 Å². The zero-order valence-electron chi connectivity index (χ0n) is 10.9. The molecule has 0 aromatic carbocycles. The van der Waals surface area contributed by atoms with Gasteiger partial charge in [0, 0.05) is 12.2 Å². The SMILES string of the molecule is CC(C)(C)C(N)C(O)COc1ncccc1C#N. The maximum absolute atomic E-state index is 9.92. The summed E-state index contributed by atoms with van der Waals surface area (Å²) in [5.41, 5.74) is 6.04. The predicted octanol–water partition coefficient (Wildman–Crippen LogP) is 1.07. The molecule has 0 bridgehead atoms. The van der Waals surface area contributed by atoms with Crippen molar-refractivity contribution in [1.29, 1.82) is 5.26 Å². The molecule has 98 valence electrons. The topological polar surface area (TPSA) is 92.2 Å². The fraction of sp³-hybridized carbons (Fsp3) is 0.538. The van der Waals surface area contributed by atoms with Crippen LogP contribution in [0, 0.1) is 16.7 Å². The van der Waals surface area contributed by atoms with Gasteiger partial charge in [-0.05, 0) is 17.5 Å². The number of nitriles is 1. The van der Waals surface area contributed by atoms with Crippen LogP contribution in [0.5, 0.6) is 5.88 Å². The molecule has 0 amide bonds. The molecule has 1 aromatic rings. The van der Waals surface area contributed by atoms with E-state index in [1.165, 1.54) is 6.20 Å². The van der Waals surface area contributed by atoms with E-state index in [1.807, 2.05) is 26.8 Å². The molecule has 0 spiro atoms. The minimum absolute atomic E-state index is 0.0180. The Bertz CT molecular complexity index is 435. The summed E-state index contributed by atoms with van der Waals surface area (Å²) in [7, 11) is 0. The maximum atomic E-state index is 9.92. The van der Waals surface area contributed by atoms with Gasteiger partial charge in [-0.15, -0.1) is 0 Å². The molecule has 5 nitrogen and oxygen atoms in total. The average Bonchev–Trinajstić information content (AvgIpc) is 2.34. The van der Waals surface area contributed by atoms with Gasteiger partial charge in [0.15, 0.2) is 0 Å². The number of rotatable bonds is 4. The zero-order chi connectivity index (χ0) is 13.8. The number of aliphatic hydroxyl groups excluding tert-OH is 1. The van der Waals surface area contributed by atoms with E-state index >= 15 is 0 Å². The Morgan fingerprint density at radius 1 is 1.56 bits per heavy atom. The lowest BCUT2D eigenvalue weighted by Gasteiger charge is -2.30. The monoisotopic (exact) mass is 249 g/mol. The van der Waals surface area contributed by atoms with Crippen LogP contribution in [0.1, 0.15) is 26.3 Å². The Morgan fingerprint density at radius 3 is 2.78 bits per heavy atom. The molecular formula is C13H19N3O2. The van der Waals surface area contributed by atoms with E-state index in [9.17, 15) is 5.11 Å². The van der Waals surface area contributed by atoms with Gasteiger partial charge >= 0.3 is 0 Å². The molecule has 5 heteroatoms. The number of hydrogen-bond donors (Lipinski definition) is 2. The standard InChI is InChI=1S/C13H19N3O2/c1-13(2,3)11(15)10(17)8-18-12-9(7-14)5-4-6-16-12/h4-6,10-11,17H,8,15H2,1-3H3. The van der Waals surface area contributed by atoms with E-state index in [4.69, 9.17) is 15.7 Å². The molecule has 3 N–H and O–H groups in total. The number of nitrogens with zero attached hydrogens (tertiary/aromatic N) is 2. The lowest BCUT2D eigenvalue weighted by Crippen LogP contribution is -2.47. The van der Waals surface area contributed by atoms with E-state index < -0.39 is 12.1 Å². The summed E-state index contributed by atoms with van der Waals surface area (Å²) >= 11 is 0. The van der Waals surface area contributed by atoms with Crippen molar-refractivity contribution in [3.63, 3.8) is 0 Å². The third-order valence-corrected chi connectivity index (χ3v) is 2.70. The highest BCUT2D eigenvalue weighted by atomic mass is 16.5. The van der Waals surface area contributed by atoms with Gasteiger partial charge in [0.25, 0.3) is 0 Å². The second-order valence-corrected chi connectivity index (χ2v) is 5.24. The first kappa shape index (κ1) is 14.4. The summed E-state index contributed by atoms with van der Waals surface area (Å²) in [6.07, 6.45) is 0.727. The van der Waals surface area contributed by atoms with Crippen LogP contribution >= 0.6 is 0 Å². The van der Waals surface area contributed by atoms with Crippen LogP contribution in [0.3, 0.4) is 0 Å². The van der Waals surface area contributed by atoms with Gasteiger partial charge < -0.3 is 15.6 Å². The van der Waals surface area contributed by atoms with Crippen molar-refractivity contribution in [2.75, 3.05) is 6.61 Å². The first-order valence-corrected chi connectivity index (χ1v) is 5.78. The van der Waals surface area contributed by atoms with Gasteiger partial charge in [-0.1, -0.05) is 20.8 Å². The second-order valence-electron chi connectivity index (χ2n) is 5.24. The smallest absolute Gasteiger partial charge is 0.231 e. The van der Waals surface area contributed by atoms with Crippen molar-refractivity contribution in [3.8, 4) is 11.9 Å². The highest BCUT2D eigenvalue weighted by Crippen LogP contribution is 2.21. The van der Waals surface area contributed by atoms with Gasteiger partial charge in [-0.25, -0.2) is 4.98 Å². The van der Waals surface area contributed by atoms with Gasteiger partial charge in [0.2, 0.25) is 5.88 Å². The van der Waals surface area contributed by atoms with Crippen molar-refractivity contribution >= 4 is 0 Å². The van der Waals surface area contributed by atoms with E-state index in [-0.39, 0.29) is 17.9 Å². The highest BCUT2D eigenvalue weighted by Gasteiger charge is 2.28. The third kappa shape index (κ3) is 3.69. The summed E-state index contributed by atoms with van der Waals surface area (Å²) in [4.78, 5) is 3.95. The Kier molecular flexibility index (Phi) is 4.65.